The van der Waals surface area contributed by atoms with E-state index in [1.165, 1.54) is 26.1 Å². The molecule has 1 aromatic carbocycles. The molecule has 0 saturated carbocycles. The maximum absolute atomic E-state index is 5.76. The highest BCUT2D eigenvalue weighted by molar-refractivity contribution is 14.1. The van der Waals surface area contributed by atoms with Crippen molar-refractivity contribution in [2.75, 3.05) is 0 Å². The molecule has 0 aliphatic carbocycles. The van der Waals surface area contributed by atoms with Crippen LogP contribution in [0.15, 0.2) is 54.7 Å². The van der Waals surface area contributed by atoms with Gasteiger partial charge in [-0.2, -0.15) is 0 Å². The number of H-pyrrole nitrogens is 1. The largest absolute Gasteiger partial charge is 0.362 e. The molecular weight excluding hydrogens is 467 g/mol. The Balaban J connectivity index is 1.80. The van der Waals surface area contributed by atoms with Crippen molar-refractivity contribution >= 4 is 39.9 Å². The molecule has 3 aromatic rings. The van der Waals surface area contributed by atoms with Gasteiger partial charge in [0, 0.05) is 33.3 Å². The van der Waals surface area contributed by atoms with Gasteiger partial charge in [0.05, 0.1) is 17.8 Å². The summed E-state index contributed by atoms with van der Waals surface area (Å²) >= 11 is 8.21. The Morgan fingerprint density at radius 1 is 1.07 bits per heavy atom. The lowest BCUT2D eigenvalue weighted by Crippen LogP contribution is -2.29. The molecule has 1 saturated heterocycles. The Labute approximate surface area is 178 Å². The smallest absolute Gasteiger partial charge is 0.170 e. The molecule has 0 amide bonds. The first-order chi connectivity index (χ1) is 13.1. The Kier molecular flexibility index (Phi) is 5.19. The van der Waals surface area contributed by atoms with Crippen LogP contribution in [0.2, 0.25) is 0 Å². The second-order valence-corrected chi connectivity index (χ2v) is 8.31. The maximum Gasteiger partial charge on any atom is 0.170 e. The van der Waals surface area contributed by atoms with E-state index in [1.807, 2.05) is 24.4 Å². The van der Waals surface area contributed by atoms with Crippen molar-refractivity contribution < 1.29 is 0 Å². The number of nitrogens with zero attached hydrogens (tertiary/aromatic N) is 2. The zero-order valence-corrected chi connectivity index (χ0v) is 18.2. The summed E-state index contributed by atoms with van der Waals surface area (Å²) in [6.07, 6.45) is 1.84. The quantitative estimate of drug-likeness (QED) is 0.409. The monoisotopic (exact) mass is 488 g/mol. The normalized spacial score (nSPS) is 19.4. The van der Waals surface area contributed by atoms with Gasteiger partial charge in [0.1, 0.15) is 0 Å². The summed E-state index contributed by atoms with van der Waals surface area (Å²) < 4.78 is 1.26. The zero-order valence-electron chi connectivity index (χ0n) is 15.2. The zero-order chi connectivity index (χ0) is 19.0. The van der Waals surface area contributed by atoms with Crippen molar-refractivity contribution in [2.24, 2.45) is 0 Å². The summed E-state index contributed by atoms with van der Waals surface area (Å²) in [6, 6.07) is 16.6. The van der Waals surface area contributed by atoms with Crippen molar-refractivity contribution in [3.63, 3.8) is 0 Å². The molecule has 6 heteroatoms. The molecule has 3 heterocycles. The molecule has 0 spiro atoms. The van der Waals surface area contributed by atoms with Gasteiger partial charge >= 0.3 is 0 Å². The van der Waals surface area contributed by atoms with Crippen molar-refractivity contribution in [1.82, 2.24) is 20.2 Å². The van der Waals surface area contributed by atoms with E-state index in [0.29, 0.717) is 0 Å². The van der Waals surface area contributed by atoms with Crippen LogP contribution in [-0.4, -0.2) is 20.0 Å². The van der Waals surface area contributed by atoms with Crippen LogP contribution >= 0.6 is 34.8 Å². The van der Waals surface area contributed by atoms with Crippen LogP contribution in [-0.2, 0) is 6.54 Å². The van der Waals surface area contributed by atoms with E-state index in [0.717, 1.165) is 17.4 Å². The van der Waals surface area contributed by atoms with Gasteiger partial charge in [-0.3, -0.25) is 4.98 Å². The van der Waals surface area contributed by atoms with E-state index in [2.05, 4.69) is 87.0 Å². The van der Waals surface area contributed by atoms with E-state index in [9.17, 15) is 0 Å². The van der Waals surface area contributed by atoms with Gasteiger partial charge in [0.2, 0.25) is 0 Å². The van der Waals surface area contributed by atoms with Gasteiger partial charge in [-0.15, -0.1) is 0 Å². The lowest BCUT2D eigenvalue weighted by atomic mass is 9.96. The van der Waals surface area contributed by atoms with Crippen LogP contribution in [0.1, 0.15) is 40.3 Å². The average molecular weight is 488 g/mol. The minimum Gasteiger partial charge on any atom is -0.362 e. The van der Waals surface area contributed by atoms with Crippen LogP contribution in [0.3, 0.4) is 0 Å². The number of aromatic nitrogens is 2. The summed E-state index contributed by atoms with van der Waals surface area (Å²) in [6.45, 7) is 5.03. The number of aromatic amines is 1. The minimum absolute atomic E-state index is 0.0184. The number of nitrogens with one attached hydrogen (secondary N) is 2. The lowest BCUT2D eigenvalue weighted by Gasteiger charge is -2.28. The summed E-state index contributed by atoms with van der Waals surface area (Å²) in [4.78, 5) is 10.4. The Hall–Kier alpha value is -1.93. The molecule has 2 N–H and O–H groups in total. The molecular formula is C21H21IN4S. The fourth-order valence-electron chi connectivity index (χ4n) is 3.79. The standard InChI is InChI=1S/C21H21IN4S/c1-13-17(18(22)14(2)24-13)20-19(16-10-6-7-11-23-16)25-21(27)26(20)12-15-8-4-3-5-9-15/h3-11,19-20,24H,12H2,1-2H3,(H,25,27)/t19-,20+/m0/s1. The molecule has 0 unspecified atom stereocenters. The van der Waals surface area contributed by atoms with Gasteiger partial charge < -0.3 is 15.2 Å². The third-order valence-corrected chi connectivity index (χ3v) is 6.78. The summed E-state index contributed by atoms with van der Waals surface area (Å²) in [7, 11) is 0. The van der Waals surface area contributed by atoms with E-state index >= 15 is 0 Å². The third-order valence-electron chi connectivity index (χ3n) is 5.03. The molecule has 0 radical (unpaired) electrons. The molecule has 4 rings (SSSR count). The van der Waals surface area contributed by atoms with Crippen LogP contribution in [0.25, 0.3) is 0 Å². The highest BCUT2D eigenvalue weighted by Crippen LogP contribution is 2.43. The molecule has 4 nitrogen and oxygen atoms in total. The molecule has 138 valence electrons. The molecule has 0 bridgehead atoms. The van der Waals surface area contributed by atoms with Crippen molar-refractivity contribution in [3.8, 4) is 0 Å². The predicted molar refractivity (Wildman–Crippen MR) is 120 cm³/mol. The first-order valence-corrected chi connectivity index (χ1v) is 10.4. The number of benzene rings is 1. The fraction of sp³-hybridized carbons (Fsp3) is 0.238. The number of rotatable bonds is 4. The maximum atomic E-state index is 5.76. The number of halogens is 1. The Bertz CT molecular complexity index is 955. The summed E-state index contributed by atoms with van der Waals surface area (Å²) in [5, 5.41) is 4.30. The number of aryl methyl sites for hydroxylation is 2. The highest BCUT2D eigenvalue weighted by Gasteiger charge is 2.42. The second-order valence-electron chi connectivity index (χ2n) is 6.84. The van der Waals surface area contributed by atoms with Crippen molar-refractivity contribution in [1.29, 1.82) is 0 Å². The van der Waals surface area contributed by atoms with Crippen LogP contribution < -0.4 is 5.32 Å². The highest BCUT2D eigenvalue weighted by atomic mass is 127. The topological polar surface area (TPSA) is 44.0 Å². The SMILES string of the molecule is Cc1[nH]c(C)c([C@@H]2[C@H](c3ccccn3)NC(=S)N2Cc2ccccc2)c1I. The van der Waals surface area contributed by atoms with Crippen LogP contribution in [0.4, 0.5) is 0 Å². The summed E-state index contributed by atoms with van der Waals surface area (Å²) in [5.74, 6) is 0. The molecule has 1 aliphatic rings. The van der Waals surface area contributed by atoms with Gasteiger partial charge in [-0.05, 0) is 66.4 Å². The molecule has 27 heavy (non-hydrogen) atoms. The minimum atomic E-state index is 0.0184. The molecule has 1 aliphatic heterocycles. The number of pyridine rings is 1. The van der Waals surface area contributed by atoms with Gasteiger partial charge in [-0.25, -0.2) is 0 Å². The molecule has 1 fully saturated rings. The first-order valence-electron chi connectivity index (χ1n) is 8.93. The lowest BCUT2D eigenvalue weighted by molar-refractivity contribution is 0.309. The Morgan fingerprint density at radius 2 is 1.81 bits per heavy atom. The number of hydrogen-bond donors (Lipinski definition) is 2. The molecule has 2 atom stereocenters. The fourth-order valence-corrected chi connectivity index (χ4v) is 4.95. The second kappa shape index (κ2) is 7.59. The molecule has 2 aromatic heterocycles. The van der Waals surface area contributed by atoms with Gasteiger partial charge in [0.25, 0.3) is 0 Å². The van der Waals surface area contributed by atoms with E-state index in [1.54, 1.807) is 0 Å². The van der Waals surface area contributed by atoms with Crippen molar-refractivity contribution in [3.05, 3.63) is 86.5 Å². The first kappa shape index (κ1) is 18.4. The number of hydrogen-bond acceptors (Lipinski definition) is 2. The number of thiocarbonyl (C=S) groups is 1. The van der Waals surface area contributed by atoms with E-state index in [4.69, 9.17) is 12.2 Å². The predicted octanol–water partition coefficient (Wildman–Crippen LogP) is 4.80. The van der Waals surface area contributed by atoms with E-state index < -0.39 is 0 Å². The third kappa shape index (κ3) is 3.48. The Morgan fingerprint density at radius 3 is 2.44 bits per heavy atom. The van der Waals surface area contributed by atoms with Gasteiger partial charge in [-0.1, -0.05) is 36.4 Å². The van der Waals surface area contributed by atoms with E-state index in [-0.39, 0.29) is 12.1 Å². The average Bonchev–Trinajstić information content (AvgIpc) is 3.12. The van der Waals surface area contributed by atoms with Gasteiger partial charge in [0.15, 0.2) is 5.11 Å². The van der Waals surface area contributed by atoms with Crippen molar-refractivity contribution in [2.45, 2.75) is 32.5 Å². The van der Waals surface area contributed by atoms with Crippen LogP contribution in [0, 0.1) is 17.4 Å². The van der Waals surface area contributed by atoms with Crippen LogP contribution in [0.5, 0.6) is 0 Å². The summed E-state index contributed by atoms with van der Waals surface area (Å²) in [5.41, 5.74) is 5.93.